The van der Waals surface area contributed by atoms with E-state index >= 15 is 0 Å². The number of ether oxygens (including phenoxy) is 3. The minimum Gasteiger partial charge on any atom is -0.483 e. The first-order chi connectivity index (χ1) is 18.7. The third kappa shape index (κ3) is 8.39. The van der Waals surface area contributed by atoms with E-state index < -0.39 is 29.8 Å². The van der Waals surface area contributed by atoms with Gasteiger partial charge in [0, 0.05) is 44.6 Å². The summed E-state index contributed by atoms with van der Waals surface area (Å²) in [5, 5.41) is 4.58. The van der Waals surface area contributed by atoms with E-state index in [-0.39, 0.29) is 29.9 Å². The van der Waals surface area contributed by atoms with Crippen LogP contribution in [-0.4, -0.2) is 85.2 Å². The van der Waals surface area contributed by atoms with Crippen molar-refractivity contribution in [2.24, 2.45) is 11.8 Å². The number of rotatable bonds is 10. The summed E-state index contributed by atoms with van der Waals surface area (Å²) in [7, 11) is 0. The van der Waals surface area contributed by atoms with Crippen molar-refractivity contribution < 1.29 is 37.0 Å². The van der Waals surface area contributed by atoms with Crippen molar-refractivity contribution in [2.45, 2.75) is 70.7 Å². The van der Waals surface area contributed by atoms with Crippen LogP contribution in [0, 0.1) is 11.8 Å². The van der Waals surface area contributed by atoms with E-state index in [0.29, 0.717) is 44.3 Å². The average Bonchev–Trinajstić information content (AvgIpc) is 3.61. The van der Waals surface area contributed by atoms with Gasteiger partial charge >= 0.3 is 12.3 Å². The summed E-state index contributed by atoms with van der Waals surface area (Å²) in [5.74, 6) is 0.243. The van der Waals surface area contributed by atoms with Gasteiger partial charge in [-0.15, -0.1) is 0 Å². The van der Waals surface area contributed by atoms with Crippen LogP contribution in [0.1, 0.15) is 53.4 Å². The molecule has 2 aliphatic heterocycles. The second-order valence-electron chi connectivity index (χ2n) is 12.2. The van der Waals surface area contributed by atoms with E-state index in [2.05, 4.69) is 10.7 Å². The van der Waals surface area contributed by atoms with Crippen LogP contribution in [0.4, 0.5) is 18.0 Å². The summed E-state index contributed by atoms with van der Waals surface area (Å²) < 4.78 is 55.7. The maximum Gasteiger partial charge on any atom is 0.422 e. The van der Waals surface area contributed by atoms with Gasteiger partial charge in [0.1, 0.15) is 11.4 Å². The molecular formula is C28H41F3N4O5. The lowest BCUT2D eigenvalue weighted by atomic mass is 9.85. The van der Waals surface area contributed by atoms with Crippen LogP contribution >= 0.6 is 0 Å². The zero-order chi connectivity index (χ0) is 29.1. The van der Waals surface area contributed by atoms with Crippen molar-refractivity contribution in [2.75, 3.05) is 46.0 Å². The summed E-state index contributed by atoms with van der Waals surface area (Å²) in [6, 6.07) is 0. The molecule has 4 rings (SSSR count). The number of alkyl halides is 3. The molecule has 0 bridgehead atoms. The number of amides is 2. The first kappa shape index (κ1) is 30.2. The summed E-state index contributed by atoms with van der Waals surface area (Å²) in [6.45, 7) is 8.78. The molecule has 2 N–H and O–H groups in total. The van der Waals surface area contributed by atoms with E-state index in [0.717, 1.165) is 25.7 Å². The Morgan fingerprint density at radius 2 is 1.82 bits per heavy atom. The lowest BCUT2D eigenvalue weighted by Gasteiger charge is -2.36. The van der Waals surface area contributed by atoms with Gasteiger partial charge < -0.3 is 29.4 Å². The first-order valence-electron chi connectivity index (χ1n) is 14.0. The predicted octanol–water partition coefficient (Wildman–Crippen LogP) is 4.04. The predicted molar refractivity (Wildman–Crippen MR) is 142 cm³/mol. The van der Waals surface area contributed by atoms with Crippen molar-refractivity contribution in [1.82, 2.24) is 20.7 Å². The third-order valence-corrected chi connectivity index (χ3v) is 7.22. The van der Waals surface area contributed by atoms with Crippen LogP contribution in [0.5, 0.6) is 0 Å². The number of nitrogens with one attached hydrogen (secondary N) is 2. The van der Waals surface area contributed by atoms with E-state index in [9.17, 15) is 22.8 Å². The lowest BCUT2D eigenvalue weighted by molar-refractivity contribution is -0.164. The number of hydrogen-bond donors (Lipinski definition) is 2. The van der Waals surface area contributed by atoms with Crippen LogP contribution in [0.15, 0.2) is 35.3 Å². The number of nitrogens with zero attached hydrogens (tertiary/aromatic N) is 2. The minimum atomic E-state index is -4.56. The monoisotopic (exact) mass is 570 g/mol. The molecule has 12 heteroatoms. The van der Waals surface area contributed by atoms with Crippen molar-refractivity contribution >= 4 is 12.0 Å². The molecule has 0 radical (unpaired) electrons. The second kappa shape index (κ2) is 12.0. The Labute approximate surface area is 233 Å². The minimum absolute atomic E-state index is 0.0458. The summed E-state index contributed by atoms with van der Waals surface area (Å²) in [4.78, 5) is 27.1. The summed E-state index contributed by atoms with van der Waals surface area (Å²) >= 11 is 0. The molecule has 0 aromatic carbocycles. The number of carbonyl (C=O) groups excluding carboxylic acids is 2. The molecule has 2 fully saturated rings. The van der Waals surface area contributed by atoms with Gasteiger partial charge in [0.25, 0.3) is 5.91 Å². The normalized spacial score (nSPS) is 23.7. The Morgan fingerprint density at radius 1 is 1.12 bits per heavy atom. The standard InChI is InChI=1S/C28H41F3N4O5/c1-26(2,3)40-25(37)34-12-8-19(9-13-34)15-35-16-22-23(39-18-28(29,30)31)21(7-10-27(22,4)33-35)24(36)32-11-14-38-17-20-5-6-20/h7,10,16,19-20,33H,5-6,8-9,11-15,17-18H2,1-4H3,(H,32,36). The van der Waals surface area contributed by atoms with Crippen molar-refractivity contribution in [3.05, 3.63) is 35.3 Å². The smallest absolute Gasteiger partial charge is 0.422 e. The summed E-state index contributed by atoms with van der Waals surface area (Å²) in [6.07, 6.45) is 3.96. The van der Waals surface area contributed by atoms with Crippen LogP contribution in [0.25, 0.3) is 0 Å². The zero-order valence-electron chi connectivity index (χ0n) is 23.7. The van der Waals surface area contributed by atoms with Crippen LogP contribution < -0.4 is 10.7 Å². The number of likely N-dealkylation sites (tertiary alicyclic amines) is 1. The highest BCUT2D eigenvalue weighted by molar-refractivity contribution is 5.98. The zero-order valence-corrected chi connectivity index (χ0v) is 23.7. The van der Waals surface area contributed by atoms with Crippen LogP contribution in [0.3, 0.4) is 0 Å². The van der Waals surface area contributed by atoms with E-state index in [1.807, 2.05) is 32.7 Å². The van der Waals surface area contributed by atoms with Crippen LogP contribution in [0.2, 0.25) is 0 Å². The molecule has 1 atom stereocenters. The number of carbonyl (C=O) groups is 2. The Hall–Kier alpha value is -2.73. The molecule has 9 nitrogen and oxygen atoms in total. The van der Waals surface area contributed by atoms with Crippen LogP contribution in [-0.2, 0) is 19.0 Å². The lowest BCUT2D eigenvalue weighted by Crippen LogP contribution is -2.49. The van der Waals surface area contributed by atoms with Gasteiger partial charge in [-0.3, -0.25) is 4.79 Å². The Bertz CT molecular complexity index is 1040. The molecule has 2 heterocycles. The largest absolute Gasteiger partial charge is 0.483 e. The average molecular weight is 571 g/mol. The van der Waals surface area contributed by atoms with E-state index in [4.69, 9.17) is 14.2 Å². The Balaban J connectivity index is 1.40. The quantitative estimate of drug-likeness (QED) is 0.383. The number of piperidine rings is 1. The van der Waals surface area contributed by atoms with Crippen molar-refractivity contribution in [1.29, 1.82) is 0 Å². The molecule has 2 aliphatic carbocycles. The molecule has 0 spiro atoms. The fraction of sp³-hybridized carbons (Fsp3) is 0.714. The fourth-order valence-corrected chi connectivity index (χ4v) is 4.93. The molecule has 0 aromatic rings. The highest BCUT2D eigenvalue weighted by Gasteiger charge is 2.43. The molecule has 224 valence electrons. The molecule has 1 saturated heterocycles. The highest BCUT2D eigenvalue weighted by Crippen LogP contribution is 2.39. The number of hydrazine groups is 1. The molecule has 1 unspecified atom stereocenters. The number of fused-ring (bicyclic) bond motifs is 1. The SMILES string of the molecule is CC(C)(C)OC(=O)N1CCC(CN2C=C3C(OCC(F)(F)F)=C(C(=O)NCCOCC4CC4)C=CC3(C)N2)CC1. The first-order valence-corrected chi connectivity index (χ1v) is 14.0. The van der Waals surface area contributed by atoms with Crippen molar-refractivity contribution in [3.8, 4) is 0 Å². The Kier molecular flexibility index (Phi) is 9.08. The highest BCUT2D eigenvalue weighted by atomic mass is 19.4. The molecule has 4 aliphatic rings. The van der Waals surface area contributed by atoms with E-state index in [1.54, 1.807) is 17.2 Å². The second-order valence-corrected chi connectivity index (χ2v) is 12.2. The summed E-state index contributed by atoms with van der Waals surface area (Å²) in [5.41, 5.74) is 2.46. The Morgan fingerprint density at radius 3 is 2.45 bits per heavy atom. The molecule has 1 saturated carbocycles. The molecule has 40 heavy (non-hydrogen) atoms. The number of halogens is 3. The van der Waals surface area contributed by atoms with Gasteiger partial charge in [0.2, 0.25) is 0 Å². The fourth-order valence-electron chi connectivity index (χ4n) is 4.93. The maximum absolute atomic E-state index is 13.1. The van der Waals surface area contributed by atoms with Gasteiger partial charge in [0.05, 0.1) is 17.7 Å². The van der Waals surface area contributed by atoms with Gasteiger partial charge in [-0.2, -0.15) is 13.2 Å². The maximum atomic E-state index is 13.1. The van der Waals surface area contributed by atoms with Crippen molar-refractivity contribution in [3.63, 3.8) is 0 Å². The molecular weight excluding hydrogens is 529 g/mol. The van der Waals surface area contributed by atoms with E-state index in [1.165, 1.54) is 6.08 Å². The molecule has 0 aromatic heterocycles. The van der Waals surface area contributed by atoms with Gasteiger partial charge in [0.15, 0.2) is 6.61 Å². The molecule has 2 amide bonds. The topological polar surface area (TPSA) is 92.4 Å². The third-order valence-electron chi connectivity index (χ3n) is 7.22. The number of hydrogen-bond acceptors (Lipinski definition) is 7. The van der Waals surface area contributed by atoms with Gasteiger partial charge in [-0.05, 0) is 71.3 Å². The van der Waals surface area contributed by atoms with Gasteiger partial charge in [-0.25, -0.2) is 10.2 Å². The van der Waals surface area contributed by atoms with Gasteiger partial charge in [-0.1, -0.05) is 6.08 Å².